The van der Waals surface area contributed by atoms with Crippen LogP contribution in [0.15, 0.2) is 0 Å². The Bertz CT molecular complexity index is 590. The standard InChI is InChI=1S/C19H32N4O2/c1-21(2)19(24)18-16-14-15(7-8-17(16)22(3)20-18)6-4-5-9-23-10-12-25-13-11-23/h15H,4-14H2,1-3H3. The van der Waals surface area contributed by atoms with Crippen LogP contribution in [0.5, 0.6) is 0 Å². The fourth-order valence-electron chi connectivity index (χ4n) is 4.08. The van der Waals surface area contributed by atoms with Gasteiger partial charge in [-0.25, -0.2) is 0 Å². The normalized spacial score (nSPS) is 21.2. The molecule has 2 aliphatic rings. The quantitative estimate of drug-likeness (QED) is 0.735. The van der Waals surface area contributed by atoms with E-state index in [-0.39, 0.29) is 5.91 Å². The van der Waals surface area contributed by atoms with Gasteiger partial charge in [-0.3, -0.25) is 14.4 Å². The number of hydrogen-bond donors (Lipinski definition) is 0. The van der Waals surface area contributed by atoms with Crippen molar-refractivity contribution in [2.24, 2.45) is 13.0 Å². The van der Waals surface area contributed by atoms with E-state index in [1.165, 1.54) is 43.5 Å². The Morgan fingerprint density at radius 3 is 2.76 bits per heavy atom. The molecule has 0 bridgehead atoms. The minimum atomic E-state index is 0.0322. The second-order valence-electron chi connectivity index (χ2n) is 7.66. The van der Waals surface area contributed by atoms with E-state index in [2.05, 4.69) is 10.00 Å². The van der Waals surface area contributed by atoms with E-state index in [4.69, 9.17) is 4.74 Å². The van der Waals surface area contributed by atoms with Gasteiger partial charge in [-0.2, -0.15) is 5.10 Å². The van der Waals surface area contributed by atoms with Crippen LogP contribution in [0, 0.1) is 5.92 Å². The second-order valence-corrected chi connectivity index (χ2v) is 7.66. The average molecular weight is 348 g/mol. The number of aryl methyl sites for hydroxylation is 1. The molecular weight excluding hydrogens is 316 g/mol. The second kappa shape index (κ2) is 8.32. The molecule has 1 aliphatic carbocycles. The minimum absolute atomic E-state index is 0.0322. The number of carbonyl (C=O) groups is 1. The highest BCUT2D eigenvalue weighted by molar-refractivity contribution is 5.93. The summed E-state index contributed by atoms with van der Waals surface area (Å²) < 4.78 is 7.32. The van der Waals surface area contributed by atoms with Crippen molar-refractivity contribution in [3.63, 3.8) is 0 Å². The molecule has 140 valence electrons. The molecule has 25 heavy (non-hydrogen) atoms. The molecule has 6 heteroatoms. The third-order valence-corrected chi connectivity index (χ3v) is 5.61. The van der Waals surface area contributed by atoms with Gasteiger partial charge in [-0.15, -0.1) is 0 Å². The van der Waals surface area contributed by atoms with Gasteiger partial charge in [-0.1, -0.05) is 12.8 Å². The first-order valence-electron chi connectivity index (χ1n) is 9.62. The van der Waals surface area contributed by atoms with Gasteiger partial charge in [-0.05, 0) is 38.1 Å². The number of rotatable bonds is 6. The van der Waals surface area contributed by atoms with Crippen molar-refractivity contribution in [1.82, 2.24) is 19.6 Å². The lowest BCUT2D eigenvalue weighted by Gasteiger charge is -2.27. The highest BCUT2D eigenvalue weighted by atomic mass is 16.5. The summed E-state index contributed by atoms with van der Waals surface area (Å²) in [6.07, 6.45) is 7.08. The first kappa shape index (κ1) is 18.4. The summed E-state index contributed by atoms with van der Waals surface area (Å²) in [5.41, 5.74) is 3.13. The Kier molecular flexibility index (Phi) is 6.12. The number of hydrogen-bond acceptors (Lipinski definition) is 4. The maximum absolute atomic E-state index is 12.4. The number of amides is 1. The largest absolute Gasteiger partial charge is 0.379 e. The molecule has 0 aromatic carbocycles. The van der Waals surface area contributed by atoms with Crippen molar-refractivity contribution >= 4 is 5.91 Å². The summed E-state index contributed by atoms with van der Waals surface area (Å²) in [7, 11) is 5.57. The van der Waals surface area contributed by atoms with Crippen LogP contribution < -0.4 is 0 Å². The van der Waals surface area contributed by atoms with Gasteiger partial charge in [0, 0.05) is 45.5 Å². The molecule has 1 aliphatic heterocycles. The number of aromatic nitrogens is 2. The molecule has 1 aromatic heterocycles. The zero-order valence-corrected chi connectivity index (χ0v) is 16.0. The molecule has 1 fully saturated rings. The molecule has 2 heterocycles. The van der Waals surface area contributed by atoms with Crippen molar-refractivity contribution in [3.05, 3.63) is 17.0 Å². The fraction of sp³-hybridized carbons (Fsp3) is 0.789. The smallest absolute Gasteiger partial charge is 0.274 e. The molecule has 1 saturated heterocycles. The van der Waals surface area contributed by atoms with Crippen LogP contribution in [0.25, 0.3) is 0 Å². The Morgan fingerprint density at radius 1 is 1.28 bits per heavy atom. The molecular formula is C19H32N4O2. The predicted octanol–water partition coefficient (Wildman–Crippen LogP) is 1.73. The summed E-state index contributed by atoms with van der Waals surface area (Å²) in [5.74, 6) is 0.722. The number of morpholine rings is 1. The highest BCUT2D eigenvalue weighted by Gasteiger charge is 2.28. The van der Waals surface area contributed by atoms with Crippen LogP contribution in [-0.2, 0) is 24.6 Å². The van der Waals surface area contributed by atoms with Gasteiger partial charge < -0.3 is 9.64 Å². The first-order chi connectivity index (χ1) is 12.1. The molecule has 6 nitrogen and oxygen atoms in total. The topological polar surface area (TPSA) is 50.6 Å². The lowest BCUT2D eigenvalue weighted by atomic mass is 9.83. The van der Waals surface area contributed by atoms with Crippen molar-refractivity contribution in [1.29, 1.82) is 0 Å². The lowest BCUT2D eigenvalue weighted by molar-refractivity contribution is 0.0370. The molecule has 1 aromatic rings. The highest BCUT2D eigenvalue weighted by Crippen LogP contribution is 2.31. The molecule has 1 unspecified atom stereocenters. The van der Waals surface area contributed by atoms with Crippen molar-refractivity contribution < 1.29 is 9.53 Å². The van der Waals surface area contributed by atoms with E-state index in [1.54, 1.807) is 19.0 Å². The Balaban J connectivity index is 1.51. The summed E-state index contributed by atoms with van der Waals surface area (Å²) in [4.78, 5) is 16.6. The van der Waals surface area contributed by atoms with Gasteiger partial charge in [0.15, 0.2) is 5.69 Å². The van der Waals surface area contributed by atoms with Gasteiger partial charge in [0.2, 0.25) is 0 Å². The lowest BCUT2D eigenvalue weighted by Crippen LogP contribution is -2.36. The predicted molar refractivity (Wildman–Crippen MR) is 97.9 cm³/mol. The summed E-state index contributed by atoms with van der Waals surface area (Å²) in [5, 5.41) is 4.51. The molecule has 0 radical (unpaired) electrons. The monoisotopic (exact) mass is 348 g/mol. The van der Waals surface area contributed by atoms with Crippen LogP contribution >= 0.6 is 0 Å². The van der Waals surface area contributed by atoms with Crippen LogP contribution in [0.1, 0.15) is 47.4 Å². The number of ether oxygens (including phenoxy) is 1. The van der Waals surface area contributed by atoms with Crippen molar-refractivity contribution in [2.75, 3.05) is 46.9 Å². The number of nitrogens with zero attached hydrogens (tertiary/aromatic N) is 4. The summed E-state index contributed by atoms with van der Waals surface area (Å²) in [6.45, 7) is 5.12. The molecule has 1 atom stereocenters. The SMILES string of the molecule is CN(C)C(=O)c1nn(C)c2c1CC(CCCCN1CCOCC1)CC2. The average Bonchev–Trinajstić information content (AvgIpc) is 2.95. The van der Waals surface area contributed by atoms with E-state index in [9.17, 15) is 4.79 Å². The molecule has 0 spiro atoms. The van der Waals surface area contributed by atoms with E-state index in [1.807, 2.05) is 11.7 Å². The fourth-order valence-corrected chi connectivity index (χ4v) is 4.08. The summed E-state index contributed by atoms with van der Waals surface area (Å²) >= 11 is 0. The summed E-state index contributed by atoms with van der Waals surface area (Å²) in [6, 6.07) is 0. The zero-order chi connectivity index (χ0) is 17.8. The number of carbonyl (C=O) groups excluding carboxylic acids is 1. The Morgan fingerprint density at radius 2 is 2.04 bits per heavy atom. The van der Waals surface area contributed by atoms with Crippen molar-refractivity contribution in [2.45, 2.75) is 38.5 Å². The Hall–Kier alpha value is -1.40. The van der Waals surface area contributed by atoms with Crippen molar-refractivity contribution in [3.8, 4) is 0 Å². The van der Waals surface area contributed by atoms with E-state index in [0.717, 1.165) is 39.1 Å². The molecule has 0 N–H and O–H groups in total. The van der Waals surface area contributed by atoms with Crippen LogP contribution in [0.4, 0.5) is 0 Å². The first-order valence-corrected chi connectivity index (χ1v) is 9.62. The van der Waals surface area contributed by atoms with Crippen LogP contribution in [-0.4, -0.2) is 72.4 Å². The van der Waals surface area contributed by atoms with Gasteiger partial charge in [0.25, 0.3) is 5.91 Å². The third-order valence-electron chi connectivity index (χ3n) is 5.61. The van der Waals surface area contributed by atoms with Gasteiger partial charge >= 0.3 is 0 Å². The molecule has 1 amide bonds. The van der Waals surface area contributed by atoms with E-state index < -0.39 is 0 Å². The maximum Gasteiger partial charge on any atom is 0.274 e. The Labute approximate surface area is 151 Å². The van der Waals surface area contributed by atoms with Crippen LogP contribution in [0.2, 0.25) is 0 Å². The van der Waals surface area contributed by atoms with E-state index in [0.29, 0.717) is 11.6 Å². The van der Waals surface area contributed by atoms with Crippen LogP contribution in [0.3, 0.4) is 0 Å². The minimum Gasteiger partial charge on any atom is -0.379 e. The number of unbranched alkanes of at least 4 members (excludes halogenated alkanes) is 1. The maximum atomic E-state index is 12.4. The zero-order valence-electron chi connectivity index (χ0n) is 16.0. The molecule has 0 saturated carbocycles. The van der Waals surface area contributed by atoms with Gasteiger partial charge in [0.05, 0.1) is 13.2 Å². The number of fused-ring (bicyclic) bond motifs is 1. The molecule has 3 rings (SSSR count). The van der Waals surface area contributed by atoms with E-state index >= 15 is 0 Å². The third kappa shape index (κ3) is 4.42. The van der Waals surface area contributed by atoms with Gasteiger partial charge in [0.1, 0.15) is 0 Å².